The Morgan fingerprint density at radius 3 is 1.91 bits per heavy atom. The van der Waals surface area contributed by atoms with Crippen LogP contribution in [0.3, 0.4) is 0 Å². The van der Waals surface area contributed by atoms with Gasteiger partial charge in [-0.25, -0.2) is 18.0 Å². The summed E-state index contributed by atoms with van der Waals surface area (Å²) in [4.78, 5) is 12.4. The predicted molar refractivity (Wildman–Crippen MR) is 125 cm³/mol. The highest BCUT2D eigenvalue weighted by Gasteiger charge is 2.30. The summed E-state index contributed by atoms with van der Waals surface area (Å²) in [5.74, 6) is -1.86. The Hall–Kier alpha value is -2.50. The van der Waals surface area contributed by atoms with Gasteiger partial charge in [0.2, 0.25) is 0 Å². The number of hydrogen-bond donors (Lipinski definition) is 0. The van der Waals surface area contributed by atoms with Crippen LogP contribution in [-0.4, -0.2) is 19.2 Å². The van der Waals surface area contributed by atoms with Crippen molar-refractivity contribution >= 4 is 5.97 Å². The van der Waals surface area contributed by atoms with Gasteiger partial charge in [-0.05, 0) is 98.4 Å². The molecule has 2 aromatic rings. The van der Waals surface area contributed by atoms with Crippen molar-refractivity contribution in [1.29, 1.82) is 0 Å². The van der Waals surface area contributed by atoms with Crippen LogP contribution in [0.4, 0.5) is 13.2 Å². The summed E-state index contributed by atoms with van der Waals surface area (Å²) in [6.45, 7) is 2.19. The number of benzene rings is 2. The lowest BCUT2D eigenvalue weighted by molar-refractivity contribution is 0.0193. The third-order valence-corrected chi connectivity index (χ3v) is 7.78. The highest BCUT2D eigenvalue weighted by Crippen LogP contribution is 2.41. The Morgan fingerprint density at radius 2 is 1.41 bits per heavy atom. The number of methoxy groups -OCH3 is 1. The zero-order valence-electron chi connectivity index (χ0n) is 19.9. The van der Waals surface area contributed by atoms with E-state index in [0.717, 1.165) is 38.2 Å². The van der Waals surface area contributed by atoms with Crippen LogP contribution in [0, 0.1) is 23.4 Å². The van der Waals surface area contributed by atoms with Crippen LogP contribution < -0.4 is 4.74 Å². The van der Waals surface area contributed by atoms with Gasteiger partial charge in [-0.1, -0.05) is 25.5 Å². The molecule has 0 N–H and O–H groups in total. The van der Waals surface area contributed by atoms with Gasteiger partial charge in [0.05, 0.1) is 12.7 Å². The molecule has 0 saturated heterocycles. The van der Waals surface area contributed by atoms with Crippen molar-refractivity contribution in [3.63, 3.8) is 0 Å². The van der Waals surface area contributed by atoms with Gasteiger partial charge in [-0.15, -0.1) is 0 Å². The van der Waals surface area contributed by atoms with Gasteiger partial charge in [0.25, 0.3) is 0 Å². The zero-order chi connectivity index (χ0) is 24.2. The zero-order valence-corrected chi connectivity index (χ0v) is 19.9. The fourth-order valence-electron chi connectivity index (χ4n) is 5.60. The van der Waals surface area contributed by atoms with Gasteiger partial charge in [-0.2, -0.15) is 0 Å². The number of carbonyl (C=O) groups excluding carboxylic acids is 1. The van der Waals surface area contributed by atoms with E-state index in [1.54, 1.807) is 12.1 Å². The summed E-state index contributed by atoms with van der Waals surface area (Å²) in [6, 6.07) is 7.50. The van der Waals surface area contributed by atoms with Crippen LogP contribution in [0.2, 0.25) is 0 Å². The maximum Gasteiger partial charge on any atom is 0.338 e. The first-order chi connectivity index (χ1) is 16.4. The molecule has 2 aliphatic carbocycles. The molecule has 0 unspecified atom stereocenters. The molecule has 2 aliphatic rings. The normalized spacial score (nSPS) is 25.1. The second kappa shape index (κ2) is 10.8. The molecule has 0 bridgehead atoms. The number of hydrogen-bond acceptors (Lipinski definition) is 3. The smallest absolute Gasteiger partial charge is 0.338 e. The minimum atomic E-state index is -0.718. The number of carbonyl (C=O) groups is 1. The second-order valence-electron chi connectivity index (χ2n) is 9.73. The van der Waals surface area contributed by atoms with Crippen LogP contribution in [-0.2, 0) is 4.74 Å². The highest BCUT2D eigenvalue weighted by atomic mass is 19.2. The summed E-state index contributed by atoms with van der Waals surface area (Å²) in [6.07, 6.45) is 7.14. The van der Waals surface area contributed by atoms with E-state index in [4.69, 9.17) is 9.47 Å². The van der Waals surface area contributed by atoms with E-state index in [-0.39, 0.29) is 29.3 Å². The Labute approximate surface area is 199 Å². The average molecular weight is 475 g/mol. The summed E-state index contributed by atoms with van der Waals surface area (Å²) in [7, 11) is 1.36. The SMILES string of the molecule is CCC1CCC(c2ccc(C3CCC(OC(=O)c4ccc(OC)c(F)c4)CC3)c(F)c2F)CC1. The van der Waals surface area contributed by atoms with E-state index in [1.807, 2.05) is 0 Å². The number of rotatable bonds is 6. The molecule has 2 aromatic carbocycles. The van der Waals surface area contributed by atoms with Gasteiger partial charge < -0.3 is 9.47 Å². The molecule has 34 heavy (non-hydrogen) atoms. The van der Waals surface area contributed by atoms with Crippen LogP contribution >= 0.6 is 0 Å². The van der Waals surface area contributed by atoms with Crippen LogP contribution in [0.1, 0.15) is 98.0 Å². The second-order valence-corrected chi connectivity index (χ2v) is 9.73. The molecular weight excluding hydrogens is 441 g/mol. The first-order valence-corrected chi connectivity index (χ1v) is 12.4. The maximum atomic E-state index is 15.1. The first-order valence-electron chi connectivity index (χ1n) is 12.4. The Kier molecular flexibility index (Phi) is 7.84. The van der Waals surface area contributed by atoms with E-state index in [2.05, 4.69) is 6.92 Å². The quantitative estimate of drug-likeness (QED) is 0.403. The molecule has 2 fully saturated rings. The molecular formula is C28H33F3O3. The molecule has 0 atom stereocenters. The van der Waals surface area contributed by atoms with Crippen molar-refractivity contribution in [2.45, 2.75) is 82.7 Å². The Morgan fingerprint density at radius 1 is 0.853 bits per heavy atom. The third-order valence-electron chi connectivity index (χ3n) is 7.78. The Balaban J connectivity index is 1.35. The Bertz CT molecular complexity index is 1010. The van der Waals surface area contributed by atoms with Crippen LogP contribution in [0.25, 0.3) is 0 Å². The fourth-order valence-corrected chi connectivity index (χ4v) is 5.60. The number of halogens is 3. The number of ether oxygens (including phenoxy) is 2. The van der Waals surface area contributed by atoms with E-state index in [1.165, 1.54) is 19.2 Å². The number of esters is 1. The lowest BCUT2D eigenvalue weighted by Gasteiger charge is -2.30. The van der Waals surface area contributed by atoms with E-state index in [9.17, 15) is 9.18 Å². The van der Waals surface area contributed by atoms with Crippen molar-refractivity contribution < 1.29 is 27.4 Å². The maximum absolute atomic E-state index is 15.1. The van der Waals surface area contributed by atoms with Crippen LogP contribution in [0.15, 0.2) is 30.3 Å². The summed E-state index contributed by atoms with van der Waals surface area (Å²) >= 11 is 0. The van der Waals surface area contributed by atoms with Gasteiger partial charge in [0.15, 0.2) is 23.2 Å². The fraction of sp³-hybridized carbons (Fsp3) is 0.536. The van der Waals surface area contributed by atoms with Crippen molar-refractivity contribution in [3.8, 4) is 5.75 Å². The molecule has 184 valence electrons. The molecule has 0 spiro atoms. The van der Waals surface area contributed by atoms with Crippen molar-refractivity contribution in [1.82, 2.24) is 0 Å². The molecule has 0 aromatic heterocycles. The van der Waals surface area contributed by atoms with Crippen molar-refractivity contribution in [3.05, 3.63) is 64.5 Å². The molecule has 0 amide bonds. The van der Waals surface area contributed by atoms with Gasteiger partial charge >= 0.3 is 5.97 Å². The molecule has 4 rings (SSSR count). The lowest BCUT2D eigenvalue weighted by Crippen LogP contribution is -2.24. The molecule has 0 radical (unpaired) electrons. The van der Waals surface area contributed by atoms with Crippen molar-refractivity contribution in [2.75, 3.05) is 7.11 Å². The first kappa shape index (κ1) is 24.6. The standard InChI is InChI=1S/C28H33F3O3/c1-3-17-4-6-18(7-5-17)22-13-14-23(27(31)26(22)30)19-8-11-21(12-9-19)34-28(32)20-10-15-25(33-2)24(29)16-20/h10,13-19,21H,3-9,11-12H2,1-2H3. The van der Waals surface area contributed by atoms with Gasteiger partial charge in [0.1, 0.15) is 6.10 Å². The van der Waals surface area contributed by atoms with Gasteiger partial charge in [-0.3, -0.25) is 0 Å². The molecule has 0 heterocycles. The predicted octanol–water partition coefficient (Wildman–Crippen LogP) is 7.68. The molecule has 2 saturated carbocycles. The molecule has 0 aliphatic heterocycles. The van der Waals surface area contributed by atoms with Gasteiger partial charge in [0, 0.05) is 0 Å². The average Bonchev–Trinajstić information content (AvgIpc) is 2.86. The molecule has 6 heteroatoms. The van der Waals surface area contributed by atoms with E-state index < -0.39 is 23.4 Å². The van der Waals surface area contributed by atoms with Crippen LogP contribution in [0.5, 0.6) is 5.75 Å². The minimum Gasteiger partial charge on any atom is -0.494 e. The van der Waals surface area contributed by atoms with E-state index in [0.29, 0.717) is 42.7 Å². The monoisotopic (exact) mass is 474 g/mol. The summed E-state index contributed by atoms with van der Waals surface area (Å²) in [5, 5.41) is 0. The minimum absolute atomic E-state index is 0.0611. The topological polar surface area (TPSA) is 35.5 Å². The largest absolute Gasteiger partial charge is 0.494 e. The summed E-state index contributed by atoms with van der Waals surface area (Å²) in [5.41, 5.74) is 1.06. The van der Waals surface area contributed by atoms with Crippen molar-refractivity contribution in [2.24, 2.45) is 5.92 Å². The van der Waals surface area contributed by atoms with E-state index >= 15 is 8.78 Å². The lowest BCUT2D eigenvalue weighted by atomic mass is 9.76. The summed E-state index contributed by atoms with van der Waals surface area (Å²) < 4.78 is 54.4. The third kappa shape index (κ3) is 5.26. The molecule has 3 nitrogen and oxygen atoms in total. The highest BCUT2D eigenvalue weighted by molar-refractivity contribution is 5.89.